The summed E-state index contributed by atoms with van der Waals surface area (Å²) in [6.07, 6.45) is 5.62. The molecule has 1 saturated heterocycles. The number of amides is 1. The van der Waals surface area contributed by atoms with Crippen molar-refractivity contribution >= 4 is 19.4 Å². The zero-order valence-electron chi connectivity index (χ0n) is 25.6. The molecule has 0 saturated carbocycles. The van der Waals surface area contributed by atoms with Crippen LogP contribution in [0.5, 0.6) is 0 Å². The van der Waals surface area contributed by atoms with Crippen LogP contribution in [0.4, 0.5) is 4.79 Å². The van der Waals surface area contributed by atoms with Gasteiger partial charge in [-0.1, -0.05) is 44.0 Å². The van der Waals surface area contributed by atoms with Gasteiger partial charge in [-0.3, -0.25) is 4.90 Å². The lowest BCUT2D eigenvalue weighted by Gasteiger charge is -2.43. The van der Waals surface area contributed by atoms with Crippen molar-refractivity contribution in [2.45, 2.75) is 129 Å². The highest BCUT2D eigenvalue weighted by molar-refractivity contribution is 6.45. The van der Waals surface area contributed by atoms with Gasteiger partial charge in [0.15, 0.2) is 0 Å². The quantitative estimate of drug-likeness (QED) is 0.260. The minimum absolute atomic E-state index is 0.169. The minimum atomic E-state index is -0.516. The smallest absolute Gasteiger partial charge is 0.444 e. The lowest BCUT2D eigenvalue weighted by atomic mass is 9.79. The predicted molar refractivity (Wildman–Crippen MR) is 152 cm³/mol. The second kappa shape index (κ2) is 13.4. The SMILES string of the molecule is CCC(CCCCB1OC(C)(C)C(C)(C)O1)(CCN1Cc2ccccc2C1)N(C)C(=O)OC(C)(C)C.O=C=O. The average molecular weight is 545 g/mol. The van der Waals surface area contributed by atoms with Crippen LogP contribution in [0.25, 0.3) is 0 Å². The van der Waals surface area contributed by atoms with Crippen LogP contribution in [0.3, 0.4) is 0 Å². The summed E-state index contributed by atoms with van der Waals surface area (Å²) in [5.41, 5.74) is 1.47. The molecule has 0 aromatic heterocycles. The first-order chi connectivity index (χ1) is 18.1. The Labute approximate surface area is 235 Å². The van der Waals surface area contributed by atoms with Crippen molar-refractivity contribution in [2.24, 2.45) is 0 Å². The van der Waals surface area contributed by atoms with Crippen molar-refractivity contribution in [3.8, 4) is 0 Å². The lowest BCUT2D eigenvalue weighted by Crippen LogP contribution is -2.52. The van der Waals surface area contributed by atoms with Crippen molar-refractivity contribution in [1.82, 2.24) is 9.80 Å². The van der Waals surface area contributed by atoms with Crippen LogP contribution in [0.2, 0.25) is 6.32 Å². The Morgan fingerprint density at radius 2 is 1.54 bits per heavy atom. The van der Waals surface area contributed by atoms with E-state index < -0.39 is 5.60 Å². The van der Waals surface area contributed by atoms with Gasteiger partial charge in [0.2, 0.25) is 0 Å². The molecule has 2 heterocycles. The molecule has 3 rings (SSSR count). The Kier molecular flexibility index (Phi) is 11.4. The zero-order chi connectivity index (χ0) is 29.5. The molecule has 8 nitrogen and oxygen atoms in total. The molecule has 1 aromatic carbocycles. The number of carbonyl (C=O) groups excluding carboxylic acids is 3. The van der Waals surface area contributed by atoms with Gasteiger partial charge in [-0.15, -0.1) is 0 Å². The maximum atomic E-state index is 13.2. The number of fused-ring (bicyclic) bond motifs is 1. The van der Waals surface area contributed by atoms with E-state index in [1.54, 1.807) is 0 Å². The minimum Gasteiger partial charge on any atom is -0.444 e. The van der Waals surface area contributed by atoms with Gasteiger partial charge >= 0.3 is 19.4 Å². The summed E-state index contributed by atoms with van der Waals surface area (Å²) in [5, 5.41) is 0. The Balaban J connectivity index is 0.00000170. The molecule has 2 aliphatic rings. The maximum absolute atomic E-state index is 13.2. The summed E-state index contributed by atoms with van der Waals surface area (Å²) in [5.74, 6) is 0. The monoisotopic (exact) mass is 544 g/mol. The normalized spacial score (nSPS) is 19.4. The molecular weight excluding hydrogens is 495 g/mol. The zero-order valence-corrected chi connectivity index (χ0v) is 25.6. The third-order valence-corrected chi connectivity index (χ3v) is 8.47. The van der Waals surface area contributed by atoms with Gasteiger partial charge in [-0.2, -0.15) is 9.59 Å². The van der Waals surface area contributed by atoms with Gasteiger partial charge in [0.25, 0.3) is 0 Å². The van der Waals surface area contributed by atoms with Gasteiger partial charge < -0.3 is 18.9 Å². The first-order valence-electron chi connectivity index (χ1n) is 14.2. The highest BCUT2D eigenvalue weighted by atomic mass is 16.7. The van der Waals surface area contributed by atoms with E-state index in [0.29, 0.717) is 0 Å². The van der Waals surface area contributed by atoms with Crippen LogP contribution < -0.4 is 0 Å². The molecule has 0 radical (unpaired) electrons. The highest BCUT2D eigenvalue weighted by Crippen LogP contribution is 2.39. The van der Waals surface area contributed by atoms with Crippen molar-refractivity contribution in [2.75, 3.05) is 13.6 Å². The molecule has 0 N–H and O–H groups in total. The summed E-state index contributed by atoms with van der Waals surface area (Å²) < 4.78 is 18.2. The first kappa shape index (κ1) is 33.0. The lowest BCUT2D eigenvalue weighted by molar-refractivity contribution is -0.191. The number of carbonyl (C=O) groups is 1. The van der Waals surface area contributed by atoms with Gasteiger partial charge in [0.1, 0.15) is 5.60 Å². The molecule has 9 heteroatoms. The molecule has 1 aromatic rings. The van der Waals surface area contributed by atoms with E-state index in [4.69, 9.17) is 23.6 Å². The Morgan fingerprint density at radius 3 is 2.00 bits per heavy atom. The van der Waals surface area contributed by atoms with Crippen molar-refractivity contribution in [1.29, 1.82) is 0 Å². The molecule has 218 valence electrons. The topological polar surface area (TPSA) is 85.4 Å². The summed E-state index contributed by atoms with van der Waals surface area (Å²) in [4.78, 5) is 33.8. The van der Waals surface area contributed by atoms with E-state index >= 15 is 0 Å². The van der Waals surface area contributed by atoms with Gasteiger partial charge in [-0.05, 0) is 85.2 Å². The van der Waals surface area contributed by atoms with Crippen molar-refractivity contribution in [3.05, 3.63) is 35.4 Å². The van der Waals surface area contributed by atoms with Gasteiger partial charge in [0, 0.05) is 32.2 Å². The largest absolute Gasteiger partial charge is 0.457 e. The second-order valence-corrected chi connectivity index (χ2v) is 12.9. The summed E-state index contributed by atoms with van der Waals surface area (Å²) in [6, 6.07) is 8.69. The molecule has 1 atom stereocenters. The Bertz CT molecular complexity index is 945. The average Bonchev–Trinajstić information content (AvgIpc) is 3.34. The summed E-state index contributed by atoms with van der Waals surface area (Å²) >= 11 is 0. The molecule has 0 aliphatic carbocycles. The third-order valence-electron chi connectivity index (χ3n) is 8.47. The number of hydrogen-bond acceptors (Lipinski definition) is 7. The van der Waals surface area contributed by atoms with Crippen LogP contribution in [0.15, 0.2) is 24.3 Å². The van der Waals surface area contributed by atoms with E-state index in [0.717, 1.165) is 58.1 Å². The number of unbranched alkanes of at least 4 members (excludes halogenated alkanes) is 1. The molecule has 1 fully saturated rings. The standard InChI is InChI=1S/C29H49BN2O4.CO2/c1-10-29(31(9)25(33)34-26(2,3)4,18-20-32-21-23-15-11-12-16-24(23)22-32)17-13-14-19-30-35-27(5,6)28(7,8)36-30;2-1-3/h11-12,15-16H,10,13-14,17-22H2,1-9H3;. The fourth-order valence-corrected chi connectivity index (χ4v) is 5.35. The van der Waals surface area contributed by atoms with E-state index in [1.165, 1.54) is 11.1 Å². The number of rotatable bonds is 10. The van der Waals surface area contributed by atoms with Crippen LogP contribution in [0.1, 0.15) is 98.6 Å². The van der Waals surface area contributed by atoms with Gasteiger partial charge in [-0.25, -0.2) is 4.79 Å². The Hall–Kier alpha value is -2.19. The van der Waals surface area contributed by atoms with E-state index in [9.17, 15) is 4.79 Å². The fraction of sp³-hybridized carbons (Fsp3) is 0.733. The fourth-order valence-electron chi connectivity index (χ4n) is 5.35. The first-order valence-corrected chi connectivity index (χ1v) is 14.2. The van der Waals surface area contributed by atoms with E-state index in [1.807, 2.05) is 32.7 Å². The summed E-state index contributed by atoms with van der Waals surface area (Å²) in [6.45, 7) is 19.3. The molecule has 1 amide bonds. The molecule has 39 heavy (non-hydrogen) atoms. The highest BCUT2D eigenvalue weighted by Gasteiger charge is 2.50. The molecular formula is C30H49BN2O6. The van der Waals surface area contributed by atoms with E-state index in [-0.39, 0.29) is 36.1 Å². The van der Waals surface area contributed by atoms with Crippen molar-refractivity contribution < 1.29 is 28.4 Å². The third kappa shape index (κ3) is 8.90. The van der Waals surface area contributed by atoms with Crippen LogP contribution >= 0.6 is 0 Å². The molecule has 0 spiro atoms. The van der Waals surface area contributed by atoms with E-state index in [2.05, 4.69) is 63.8 Å². The molecule has 0 bridgehead atoms. The number of nitrogens with zero attached hydrogens (tertiary/aromatic N) is 2. The van der Waals surface area contributed by atoms with Crippen molar-refractivity contribution in [3.63, 3.8) is 0 Å². The number of ether oxygens (including phenoxy) is 1. The number of benzene rings is 1. The molecule has 1 unspecified atom stereocenters. The number of hydrogen-bond donors (Lipinski definition) is 0. The Morgan fingerprint density at radius 1 is 1.03 bits per heavy atom. The second-order valence-electron chi connectivity index (χ2n) is 12.9. The van der Waals surface area contributed by atoms with Crippen LogP contribution in [-0.4, -0.2) is 65.1 Å². The summed E-state index contributed by atoms with van der Waals surface area (Å²) in [7, 11) is 1.75. The maximum Gasteiger partial charge on any atom is 0.457 e. The molecule has 2 aliphatic heterocycles. The van der Waals surface area contributed by atoms with Gasteiger partial charge in [0.05, 0.1) is 11.2 Å². The predicted octanol–water partition coefficient (Wildman–Crippen LogP) is 6.09. The van der Waals surface area contributed by atoms with Crippen LogP contribution in [0, 0.1) is 0 Å². The van der Waals surface area contributed by atoms with Crippen LogP contribution in [-0.2, 0) is 36.7 Å².